The van der Waals surface area contributed by atoms with Crippen molar-refractivity contribution in [3.8, 4) is 0 Å². The molecule has 1 aliphatic rings. The quantitative estimate of drug-likeness (QED) is 0.708. The Morgan fingerprint density at radius 2 is 2.00 bits per heavy atom. The molecule has 3 rings (SSSR count). The molecular formula is C19H15ClF4N4O. The van der Waals surface area contributed by atoms with E-state index >= 15 is 0 Å². The first kappa shape index (κ1) is 20.8. The van der Waals surface area contributed by atoms with E-state index in [-0.39, 0.29) is 36.5 Å². The molecule has 0 spiro atoms. The summed E-state index contributed by atoms with van der Waals surface area (Å²) in [4.78, 5) is 17.6. The van der Waals surface area contributed by atoms with Gasteiger partial charge in [-0.05, 0) is 24.6 Å². The van der Waals surface area contributed by atoms with Crippen LogP contribution in [0.25, 0.3) is 5.70 Å². The summed E-state index contributed by atoms with van der Waals surface area (Å²) in [5, 5.41) is 7.52. The van der Waals surface area contributed by atoms with E-state index in [2.05, 4.69) is 4.98 Å². The van der Waals surface area contributed by atoms with Crippen molar-refractivity contribution < 1.29 is 22.4 Å². The lowest BCUT2D eigenvalue weighted by Gasteiger charge is -2.30. The van der Waals surface area contributed by atoms with Crippen molar-refractivity contribution in [2.24, 2.45) is 5.73 Å². The molecule has 10 heteroatoms. The molecule has 1 fully saturated rings. The van der Waals surface area contributed by atoms with Crippen LogP contribution in [0.4, 0.5) is 17.6 Å². The Morgan fingerprint density at radius 1 is 1.28 bits per heavy atom. The van der Waals surface area contributed by atoms with Gasteiger partial charge in [0.25, 0.3) is 5.91 Å². The maximum absolute atomic E-state index is 13.4. The minimum absolute atomic E-state index is 0.00876. The van der Waals surface area contributed by atoms with Crippen LogP contribution in [-0.4, -0.2) is 34.6 Å². The fraction of sp³-hybridized carbons (Fsp3) is 0.211. The van der Waals surface area contributed by atoms with Gasteiger partial charge in [-0.1, -0.05) is 17.7 Å². The van der Waals surface area contributed by atoms with Crippen LogP contribution >= 0.6 is 11.6 Å². The van der Waals surface area contributed by atoms with Crippen molar-refractivity contribution in [1.82, 2.24) is 9.88 Å². The number of likely N-dealkylation sites (tertiary alicyclic amines) is 1. The van der Waals surface area contributed by atoms with Gasteiger partial charge in [-0.3, -0.25) is 9.78 Å². The maximum Gasteiger partial charge on any atom is 0.417 e. The lowest BCUT2D eigenvalue weighted by molar-refractivity contribution is -0.137. The van der Waals surface area contributed by atoms with Crippen LogP contribution in [0.5, 0.6) is 0 Å². The Balaban J connectivity index is 1.84. The first-order valence-electron chi connectivity index (χ1n) is 8.42. The second-order valence-corrected chi connectivity index (χ2v) is 6.78. The second kappa shape index (κ2) is 7.82. The van der Waals surface area contributed by atoms with E-state index in [1.54, 1.807) is 0 Å². The predicted octanol–water partition coefficient (Wildman–Crippen LogP) is 4.13. The molecule has 152 valence electrons. The number of hydrogen-bond acceptors (Lipinski definition) is 4. The summed E-state index contributed by atoms with van der Waals surface area (Å²) in [5.41, 5.74) is 5.57. The number of nitrogens with zero attached hydrogens (tertiary/aromatic N) is 2. The Hall–Kier alpha value is -2.94. The maximum atomic E-state index is 13.4. The standard InChI is InChI=1S/C19H15ClF4N4O/c20-16-13(2-1-3-14(16)19(22,23)24)18(29)28-5-4-12(15(25)9-28)17(26)10-6-11(21)8-27-7-10/h1-3,6-8,25H,4-5,9,26H2. The van der Waals surface area contributed by atoms with E-state index in [1.807, 2.05) is 0 Å². The van der Waals surface area contributed by atoms with Crippen LogP contribution in [-0.2, 0) is 6.18 Å². The number of amides is 1. The number of benzene rings is 1. The average molecular weight is 427 g/mol. The van der Waals surface area contributed by atoms with Crippen molar-refractivity contribution in [1.29, 1.82) is 5.41 Å². The molecule has 0 unspecified atom stereocenters. The molecule has 0 atom stereocenters. The van der Waals surface area contributed by atoms with Crippen molar-refractivity contribution >= 4 is 28.9 Å². The fourth-order valence-corrected chi connectivity index (χ4v) is 3.37. The highest BCUT2D eigenvalue weighted by Crippen LogP contribution is 2.36. The molecule has 0 saturated carbocycles. The third-order valence-corrected chi connectivity index (χ3v) is 4.91. The predicted molar refractivity (Wildman–Crippen MR) is 100 cm³/mol. The number of nitrogens with one attached hydrogen (secondary N) is 1. The Labute approximate surface area is 168 Å². The second-order valence-electron chi connectivity index (χ2n) is 6.40. The zero-order chi connectivity index (χ0) is 21.3. The molecule has 1 amide bonds. The molecule has 1 aromatic heterocycles. The summed E-state index contributed by atoms with van der Waals surface area (Å²) in [6.07, 6.45) is -2.12. The minimum Gasteiger partial charge on any atom is -0.398 e. The lowest BCUT2D eigenvalue weighted by atomic mass is 9.96. The zero-order valence-corrected chi connectivity index (χ0v) is 15.6. The average Bonchev–Trinajstić information content (AvgIpc) is 2.66. The zero-order valence-electron chi connectivity index (χ0n) is 14.9. The van der Waals surface area contributed by atoms with Gasteiger partial charge in [0.15, 0.2) is 0 Å². The van der Waals surface area contributed by atoms with Gasteiger partial charge in [-0.25, -0.2) is 4.39 Å². The SMILES string of the molecule is N=C1CN(C(=O)c2cccc(C(F)(F)F)c2Cl)CCC1=C(N)c1cncc(F)c1. The van der Waals surface area contributed by atoms with Gasteiger partial charge < -0.3 is 16.0 Å². The number of nitrogens with two attached hydrogens (primary N) is 1. The van der Waals surface area contributed by atoms with Gasteiger partial charge in [-0.2, -0.15) is 13.2 Å². The number of pyridine rings is 1. The van der Waals surface area contributed by atoms with E-state index in [0.29, 0.717) is 11.1 Å². The van der Waals surface area contributed by atoms with Gasteiger partial charge >= 0.3 is 6.18 Å². The van der Waals surface area contributed by atoms with Crippen molar-refractivity contribution in [3.63, 3.8) is 0 Å². The highest BCUT2D eigenvalue weighted by molar-refractivity contribution is 6.34. The van der Waals surface area contributed by atoms with Crippen LogP contribution < -0.4 is 5.73 Å². The minimum atomic E-state index is -4.69. The molecule has 1 saturated heterocycles. The molecule has 5 nitrogen and oxygen atoms in total. The van der Waals surface area contributed by atoms with Crippen LogP contribution in [0.3, 0.4) is 0 Å². The Bertz CT molecular complexity index is 1020. The molecule has 2 aromatic rings. The molecule has 1 aromatic carbocycles. The van der Waals surface area contributed by atoms with Crippen molar-refractivity contribution in [3.05, 3.63) is 69.8 Å². The van der Waals surface area contributed by atoms with Crippen LogP contribution in [0.1, 0.15) is 27.9 Å². The van der Waals surface area contributed by atoms with Crippen molar-refractivity contribution in [2.75, 3.05) is 13.1 Å². The van der Waals surface area contributed by atoms with E-state index in [4.69, 9.17) is 22.7 Å². The number of aromatic nitrogens is 1. The number of hydrogen-bond donors (Lipinski definition) is 2. The van der Waals surface area contributed by atoms with E-state index in [0.717, 1.165) is 18.3 Å². The van der Waals surface area contributed by atoms with Gasteiger partial charge in [0.2, 0.25) is 0 Å². The van der Waals surface area contributed by atoms with Gasteiger partial charge in [0, 0.05) is 29.6 Å². The summed E-state index contributed by atoms with van der Waals surface area (Å²) < 4.78 is 52.5. The Kier molecular flexibility index (Phi) is 5.61. The van der Waals surface area contributed by atoms with Crippen LogP contribution in [0, 0.1) is 11.2 Å². The summed E-state index contributed by atoms with van der Waals surface area (Å²) >= 11 is 5.82. The van der Waals surface area contributed by atoms with Gasteiger partial charge in [0.1, 0.15) is 5.82 Å². The first-order valence-corrected chi connectivity index (χ1v) is 8.79. The summed E-state index contributed by atoms with van der Waals surface area (Å²) in [6.45, 7) is -0.0449. The molecule has 29 heavy (non-hydrogen) atoms. The molecule has 0 aliphatic carbocycles. The number of carbonyl (C=O) groups is 1. The number of piperidine rings is 1. The normalized spacial score (nSPS) is 16.7. The summed E-state index contributed by atoms with van der Waals surface area (Å²) in [5.74, 6) is -1.29. The third-order valence-electron chi connectivity index (χ3n) is 4.51. The highest BCUT2D eigenvalue weighted by atomic mass is 35.5. The smallest absolute Gasteiger partial charge is 0.398 e. The summed E-state index contributed by atoms with van der Waals surface area (Å²) in [6, 6.07) is 4.30. The first-order chi connectivity index (χ1) is 13.6. The van der Waals surface area contributed by atoms with Crippen LogP contribution in [0.2, 0.25) is 5.02 Å². The lowest BCUT2D eigenvalue weighted by Crippen LogP contribution is -2.41. The summed E-state index contributed by atoms with van der Waals surface area (Å²) in [7, 11) is 0. The van der Waals surface area contributed by atoms with Gasteiger partial charge in [-0.15, -0.1) is 0 Å². The van der Waals surface area contributed by atoms with Crippen LogP contribution in [0.15, 0.2) is 42.2 Å². The number of rotatable bonds is 2. The fourth-order valence-electron chi connectivity index (χ4n) is 3.05. The van der Waals surface area contributed by atoms with Gasteiger partial charge in [0.05, 0.1) is 34.6 Å². The highest BCUT2D eigenvalue weighted by Gasteiger charge is 2.36. The van der Waals surface area contributed by atoms with E-state index in [1.165, 1.54) is 23.2 Å². The molecule has 2 heterocycles. The monoisotopic (exact) mass is 426 g/mol. The molecule has 0 radical (unpaired) electrons. The number of alkyl halides is 3. The molecule has 0 bridgehead atoms. The van der Waals surface area contributed by atoms with E-state index in [9.17, 15) is 22.4 Å². The topological polar surface area (TPSA) is 83.1 Å². The number of carbonyl (C=O) groups excluding carboxylic acids is 1. The molecule has 3 N–H and O–H groups in total. The molecule has 1 aliphatic heterocycles. The largest absolute Gasteiger partial charge is 0.417 e. The molecular weight excluding hydrogens is 412 g/mol. The van der Waals surface area contributed by atoms with Crippen molar-refractivity contribution in [2.45, 2.75) is 12.6 Å². The Morgan fingerprint density at radius 3 is 2.62 bits per heavy atom. The number of halogens is 5. The third kappa shape index (κ3) is 4.24. The van der Waals surface area contributed by atoms with E-state index < -0.39 is 28.5 Å².